The number of ketones is 2. The summed E-state index contributed by atoms with van der Waals surface area (Å²) in [5, 5.41) is 0. The zero-order chi connectivity index (χ0) is 23.0. The normalized spacial score (nSPS) is 16.5. The van der Waals surface area contributed by atoms with E-state index in [4.69, 9.17) is 0 Å². The molecule has 0 aromatic heterocycles. The maximum Gasteiger partial charge on any atom is 0.228 e. The molecule has 1 amide bonds. The summed E-state index contributed by atoms with van der Waals surface area (Å²) in [6.07, 6.45) is 3.02. The fourth-order valence-electron chi connectivity index (χ4n) is 4.88. The minimum Gasteiger partial charge on any atom is -0.367 e. The molecule has 2 aromatic rings. The van der Waals surface area contributed by atoms with Crippen molar-refractivity contribution >= 4 is 23.2 Å². The first kappa shape index (κ1) is 22.0. The van der Waals surface area contributed by atoms with E-state index in [1.165, 1.54) is 17.4 Å². The fraction of sp³-hybridized carbons (Fsp3) is 0.370. The van der Waals surface area contributed by atoms with E-state index in [9.17, 15) is 14.4 Å². The second kappa shape index (κ2) is 8.73. The highest BCUT2D eigenvalue weighted by molar-refractivity contribution is 6.29. The minimum atomic E-state index is -0.285. The van der Waals surface area contributed by atoms with E-state index in [1.807, 2.05) is 30.0 Å². The Morgan fingerprint density at radius 3 is 2.12 bits per heavy atom. The molecule has 0 saturated carbocycles. The first-order valence-corrected chi connectivity index (χ1v) is 11.4. The van der Waals surface area contributed by atoms with E-state index in [0.29, 0.717) is 41.5 Å². The number of piperidine rings is 1. The Morgan fingerprint density at radius 1 is 0.938 bits per heavy atom. The van der Waals surface area contributed by atoms with Crippen molar-refractivity contribution in [3.8, 4) is 0 Å². The van der Waals surface area contributed by atoms with Crippen LogP contribution in [0.25, 0.3) is 0 Å². The predicted octanol–water partition coefficient (Wildman–Crippen LogP) is 5.25. The molecule has 1 aliphatic carbocycles. The van der Waals surface area contributed by atoms with Crippen LogP contribution < -0.4 is 4.90 Å². The molecule has 0 spiro atoms. The average Bonchev–Trinajstić information content (AvgIpc) is 2.77. The van der Waals surface area contributed by atoms with Crippen molar-refractivity contribution in [1.82, 2.24) is 4.90 Å². The lowest BCUT2D eigenvalue weighted by molar-refractivity contribution is -0.116. The molecule has 0 bridgehead atoms. The summed E-state index contributed by atoms with van der Waals surface area (Å²) in [6, 6.07) is 12.7. The van der Waals surface area contributed by atoms with Gasteiger partial charge in [-0.3, -0.25) is 19.3 Å². The molecule has 5 heteroatoms. The summed E-state index contributed by atoms with van der Waals surface area (Å²) >= 11 is 0. The number of hydrogen-bond acceptors (Lipinski definition) is 4. The Morgan fingerprint density at radius 2 is 1.56 bits per heavy atom. The van der Waals surface area contributed by atoms with Crippen molar-refractivity contribution < 1.29 is 14.4 Å². The molecule has 166 valence electrons. The van der Waals surface area contributed by atoms with Gasteiger partial charge in [-0.15, -0.1) is 0 Å². The van der Waals surface area contributed by atoms with Crippen molar-refractivity contribution in [3.63, 3.8) is 0 Å². The molecule has 1 fully saturated rings. The number of Topliss-reactive ketones (excluding diaryl/α,β-unsaturated/α-hetero) is 2. The van der Waals surface area contributed by atoms with Crippen LogP contribution in [0, 0.1) is 6.92 Å². The van der Waals surface area contributed by atoms with Crippen molar-refractivity contribution in [2.45, 2.75) is 52.9 Å². The van der Waals surface area contributed by atoms with Crippen LogP contribution in [0.3, 0.4) is 0 Å². The number of allylic oxidation sites excluding steroid dienone is 2. The third kappa shape index (κ3) is 3.77. The van der Waals surface area contributed by atoms with Crippen LogP contribution >= 0.6 is 0 Å². The molecule has 4 rings (SSSR count). The number of rotatable bonds is 4. The van der Waals surface area contributed by atoms with Gasteiger partial charge in [0.15, 0.2) is 0 Å². The van der Waals surface area contributed by atoms with Crippen LogP contribution in [0.5, 0.6) is 0 Å². The number of carbonyl (C=O) groups is 3. The number of likely N-dealkylation sites (tertiary alicyclic amines) is 1. The zero-order valence-electron chi connectivity index (χ0n) is 19.3. The third-order valence-corrected chi connectivity index (χ3v) is 6.42. The zero-order valence-corrected chi connectivity index (χ0v) is 19.3. The molecule has 0 radical (unpaired) electrons. The van der Waals surface area contributed by atoms with Gasteiger partial charge in [0.2, 0.25) is 17.5 Å². The monoisotopic (exact) mass is 430 g/mol. The Kier molecular flexibility index (Phi) is 6.00. The molecule has 32 heavy (non-hydrogen) atoms. The predicted molar refractivity (Wildman–Crippen MR) is 126 cm³/mol. The topological polar surface area (TPSA) is 57.7 Å². The van der Waals surface area contributed by atoms with Crippen molar-refractivity contribution in [1.29, 1.82) is 0 Å². The number of amides is 1. The summed E-state index contributed by atoms with van der Waals surface area (Å²) < 4.78 is 0. The van der Waals surface area contributed by atoms with E-state index in [1.54, 1.807) is 24.3 Å². The van der Waals surface area contributed by atoms with Crippen molar-refractivity contribution in [2.75, 3.05) is 18.0 Å². The lowest BCUT2D eigenvalue weighted by Gasteiger charge is -2.37. The van der Waals surface area contributed by atoms with Gasteiger partial charge in [0.25, 0.3) is 0 Å². The smallest absolute Gasteiger partial charge is 0.228 e. The summed E-state index contributed by atoms with van der Waals surface area (Å²) in [7, 11) is 0. The highest BCUT2D eigenvalue weighted by Crippen LogP contribution is 2.35. The molecule has 1 aliphatic heterocycles. The standard InChI is InChI=1S/C27H30N2O3/c1-17(2)21-13-12-20(16-18(21)3)29(19(4)30)25-24(28-14-8-5-9-15-28)26(31)22-10-6-7-11-23(22)27(25)32/h6-7,10-13,16-17H,5,8-9,14-15H2,1-4H3. The number of benzene rings is 2. The molecule has 5 nitrogen and oxygen atoms in total. The quantitative estimate of drug-likeness (QED) is 0.665. The highest BCUT2D eigenvalue weighted by atomic mass is 16.2. The highest BCUT2D eigenvalue weighted by Gasteiger charge is 2.39. The van der Waals surface area contributed by atoms with Gasteiger partial charge in [-0.25, -0.2) is 0 Å². The van der Waals surface area contributed by atoms with E-state index in [2.05, 4.69) is 13.8 Å². The average molecular weight is 431 g/mol. The van der Waals surface area contributed by atoms with Gasteiger partial charge in [-0.1, -0.05) is 44.2 Å². The molecule has 0 N–H and O–H groups in total. The molecule has 0 unspecified atom stereocenters. The van der Waals surface area contributed by atoms with Crippen LogP contribution in [-0.4, -0.2) is 35.5 Å². The second-order valence-electron chi connectivity index (χ2n) is 9.00. The Balaban J connectivity index is 1.94. The van der Waals surface area contributed by atoms with E-state index >= 15 is 0 Å². The van der Waals surface area contributed by atoms with Gasteiger partial charge >= 0.3 is 0 Å². The maximum atomic E-state index is 13.8. The number of hydrogen-bond donors (Lipinski definition) is 0. The van der Waals surface area contributed by atoms with Crippen LogP contribution in [0.15, 0.2) is 53.9 Å². The molecule has 2 aliphatic rings. The number of anilines is 1. The van der Waals surface area contributed by atoms with Gasteiger partial charge in [0.1, 0.15) is 11.4 Å². The van der Waals surface area contributed by atoms with Gasteiger partial charge in [0, 0.05) is 36.8 Å². The van der Waals surface area contributed by atoms with E-state index < -0.39 is 0 Å². The molecule has 0 atom stereocenters. The number of fused-ring (bicyclic) bond motifs is 1. The first-order chi connectivity index (χ1) is 15.3. The lowest BCUT2D eigenvalue weighted by Crippen LogP contribution is -2.43. The van der Waals surface area contributed by atoms with Gasteiger partial charge in [0.05, 0.1) is 0 Å². The van der Waals surface area contributed by atoms with Gasteiger partial charge in [-0.05, 0) is 55.4 Å². The molecular weight excluding hydrogens is 400 g/mol. The van der Waals surface area contributed by atoms with Crippen molar-refractivity contribution in [3.05, 3.63) is 76.1 Å². The third-order valence-electron chi connectivity index (χ3n) is 6.42. The van der Waals surface area contributed by atoms with Crippen molar-refractivity contribution in [2.24, 2.45) is 0 Å². The number of aryl methyl sites for hydroxylation is 1. The molecular formula is C27H30N2O3. The van der Waals surface area contributed by atoms with Crippen LogP contribution in [0.2, 0.25) is 0 Å². The summed E-state index contributed by atoms with van der Waals surface area (Å²) in [5.74, 6) is -0.394. The minimum absolute atomic E-state index is 0.180. The number of nitrogens with zero attached hydrogens (tertiary/aromatic N) is 2. The Hall–Kier alpha value is -3.21. The van der Waals surface area contributed by atoms with Crippen LogP contribution in [0.1, 0.15) is 77.8 Å². The Bertz CT molecular complexity index is 1120. The Labute approximate surface area is 189 Å². The van der Waals surface area contributed by atoms with Crippen LogP contribution in [0.4, 0.5) is 5.69 Å². The largest absolute Gasteiger partial charge is 0.367 e. The van der Waals surface area contributed by atoms with E-state index in [-0.39, 0.29) is 23.2 Å². The van der Waals surface area contributed by atoms with Gasteiger partial charge in [-0.2, -0.15) is 0 Å². The SMILES string of the molecule is CC(=O)N(C1=C(N2CCCCC2)C(=O)c2ccccc2C1=O)c1ccc(C(C)C)c(C)c1. The molecule has 2 aromatic carbocycles. The van der Waals surface area contributed by atoms with Gasteiger partial charge < -0.3 is 4.90 Å². The van der Waals surface area contributed by atoms with Crippen LogP contribution in [-0.2, 0) is 4.79 Å². The lowest BCUT2D eigenvalue weighted by atomic mass is 9.88. The maximum absolute atomic E-state index is 13.8. The summed E-state index contributed by atoms with van der Waals surface area (Å²) in [4.78, 5) is 43.8. The second-order valence-corrected chi connectivity index (χ2v) is 9.00. The van der Waals surface area contributed by atoms with E-state index in [0.717, 1.165) is 24.8 Å². The summed E-state index contributed by atoms with van der Waals surface area (Å²) in [5.41, 5.74) is 4.17. The number of carbonyl (C=O) groups excluding carboxylic acids is 3. The fourth-order valence-corrected chi connectivity index (χ4v) is 4.88. The molecule has 1 heterocycles. The summed E-state index contributed by atoms with van der Waals surface area (Å²) in [6.45, 7) is 9.13. The first-order valence-electron chi connectivity index (χ1n) is 11.4. The molecule has 1 saturated heterocycles.